The summed E-state index contributed by atoms with van der Waals surface area (Å²) in [4.78, 5) is 37.9. The van der Waals surface area contributed by atoms with E-state index in [1.54, 1.807) is 0 Å². The lowest BCUT2D eigenvalue weighted by Crippen LogP contribution is -2.30. The molecule has 0 aliphatic carbocycles. The van der Waals surface area contributed by atoms with Gasteiger partial charge in [0.1, 0.15) is 13.2 Å². The van der Waals surface area contributed by atoms with Crippen LogP contribution in [-0.2, 0) is 28.6 Å². The molecule has 6 heteroatoms. The molecule has 0 radical (unpaired) electrons. The summed E-state index contributed by atoms with van der Waals surface area (Å²) in [7, 11) is 0. The average molecular weight is 863 g/mol. The van der Waals surface area contributed by atoms with Crippen LogP contribution in [0.5, 0.6) is 0 Å². The van der Waals surface area contributed by atoms with Gasteiger partial charge in [0.05, 0.1) is 0 Å². The van der Waals surface area contributed by atoms with Crippen molar-refractivity contribution in [1.29, 1.82) is 0 Å². The van der Waals surface area contributed by atoms with Crippen molar-refractivity contribution >= 4 is 17.9 Å². The van der Waals surface area contributed by atoms with Crippen molar-refractivity contribution in [3.8, 4) is 0 Å². The molecule has 1 atom stereocenters. The van der Waals surface area contributed by atoms with Gasteiger partial charge in [0.25, 0.3) is 0 Å². The molecular formula is C55H106O6. The Morgan fingerprint density at radius 1 is 0.279 bits per heavy atom. The first-order chi connectivity index (χ1) is 29.6. The van der Waals surface area contributed by atoms with Crippen LogP contribution in [0.15, 0.2) is 0 Å². The van der Waals surface area contributed by atoms with E-state index >= 15 is 0 Å². The number of carbonyl (C=O) groups is 3. The second kappa shape index (κ2) is 46.4. The number of hydrogen-bond donors (Lipinski definition) is 0. The summed E-state index contributed by atoms with van der Waals surface area (Å²) < 4.78 is 16.8. The molecule has 6 nitrogen and oxygen atoms in total. The van der Waals surface area contributed by atoms with Gasteiger partial charge >= 0.3 is 17.9 Å². The van der Waals surface area contributed by atoms with Crippen LogP contribution in [-0.4, -0.2) is 37.2 Å². The molecule has 0 aliphatic heterocycles. The van der Waals surface area contributed by atoms with Crippen molar-refractivity contribution < 1.29 is 28.6 Å². The second-order valence-corrected chi connectivity index (χ2v) is 20.3. The van der Waals surface area contributed by atoms with Gasteiger partial charge in [-0.2, -0.15) is 0 Å². The topological polar surface area (TPSA) is 78.9 Å². The molecule has 0 aromatic heterocycles. The SMILES string of the molecule is CC(C)CCCCCCCCCCCCCCCCCC(=O)OC[C@@H](COC(=O)CCCCCCCCCCCCCCCC(C)C)OC(=O)CCCCCCCCC(C)C. The summed E-state index contributed by atoms with van der Waals surface area (Å²) in [6.45, 7) is 13.7. The van der Waals surface area contributed by atoms with E-state index in [2.05, 4.69) is 41.5 Å². The van der Waals surface area contributed by atoms with Gasteiger partial charge in [-0.05, 0) is 37.0 Å². The third kappa shape index (κ3) is 49.3. The van der Waals surface area contributed by atoms with Crippen molar-refractivity contribution in [2.75, 3.05) is 13.2 Å². The fourth-order valence-corrected chi connectivity index (χ4v) is 8.29. The molecule has 0 heterocycles. The molecule has 0 amide bonds. The van der Waals surface area contributed by atoms with E-state index in [9.17, 15) is 14.4 Å². The molecule has 0 saturated heterocycles. The lowest BCUT2D eigenvalue weighted by Gasteiger charge is -2.18. The van der Waals surface area contributed by atoms with Gasteiger partial charge in [-0.1, -0.05) is 260 Å². The van der Waals surface area contributed by atoms with Crippen molar-refractivity contribution in [3.05, 3.63) is 0 Å². The highest BCUT2D eigenvalue weighted by Crippen LogP contribution is 2.18. The molecule has 362 valence electrons. The van der Waals surface area contributed by atoms with Crippen LogP contribution >= 0.6 is 0 Å². The van der Waals surface area contributed by atoms with Crippen LogP contribution < -0.4 is 0 Å². The van der Waals surface area contributed by atoms with Gasteiger partial charge in [0.2, 0.25) is 0 Å². The van der Waals surface area contributed by atoms with Gasteiger partial charge in [-0.15, -0.1) is 0 Å². The van der Waals surface area contributed by atoms with E-state index in [0.717, 1.165) is 75.5 Å². The van der Waals surface area contributed by atoms with Crippen LogP contribution in [0.4, 0.5) is 0 Å². The number of esters is 3. The molecule has 0 spiro atoms. The first-order valence-corrected chi connectivity index (χ1v) is 27.1. The first kappa shape index (κ1) is 59.4. The summed E-state index contributed by atoms with van der Waals surface area (Å²) in [6.07, 6.45) is 46.8. The highest BCUT2D eigenvalue weighted by Gasteiger charge is 2.19. The molecule has 0 aliphatic rings. The standard InChI is InChI=1S/C55H106O6/c1-49(2)41-35-29-23-19-15-11-8-7-9-13-17-21-25-32-38-44-53(56)59-47-52(61-55(58)46-40-34-28-27-31-37-43-51(5)6)48-60-54(57)45-39-33-26-22-18-14-10-12-16-20-24-30-36-42-50(3)4/h49-52H,7-48H2,1-6H3/t52-/m0/s1. The third-order valence-corrected chi connectivity index (χ3v) is 12.4. The Labute approximate surface area is 380 Å². The Bertz CT molecular complexity index is 945. The Balaban J connectivity index is 4.21. The lowest BCUT2D eigenvalue weighted by atomic mass is 10.0. The number of unbranched alkanes of at least 4 members (excludes halogenated alkanes) is 31. The summed E-state index contributed by atoms with van der Waals surface area (Å²) in [6, 6.07) is 0. The van der Waals surface area contributed by atoms with Crippen LogP contribution in [0.1, 0.15) is 298 Å². The zero-order valence-electron chi connectivity index (χ0n) is 42.0. The monoisotopic (exact) mass is 863 g/mol. The molecule has 0 N–H and O–H groups in total. The summed E-state index contributed by atoms with van der Waals surface area (Å²) >= 11 is 0. The highest BCUT2D eigenvalue weighted by atomic mass is 16.6. The van der Waals surface area contributed by atoms with Crippen molar-refractivity contribution in [1.82, 2.24) is 0 Å². The maximum absolute atomic E-state index is 12.7. The molecular weight excluding hydrogens is 757 g/mol. The zero-order chi connectivity index (χ0) is 44.9. The molecule has 0 aromatic carbocycles. The van der Waals surface area contributed by atoms with Crippen LogP contribution in [0.2, 0.25) is 0 Å². The van der Waals surface area contributed by atoms with Gasteiger partial charge < -0.3 is 14.2 Å². The molecule has 61 heavy (non-hydrogen) atoms. The van der Waals surface area contributed by atoms with E-state index in [0.29, 0.717) is 19.3 Å². The van der Waals surface area contributed by atoms with E-state index < -0.39 is 6.10 Å². The third-order valence-electron chi connectivity index (χ3n) is 12.4. The van der Waals surface area contributed by atoms with Crippen molar-refractivity contribution in [2.45, 2.75) is 304 Å². The predicted octanol–water partition coefficient (Wildman–Crippen LogP) is 17.6. The van der Waals surface area contributed by atoms with Crippen LogP contribution in [0, 0.1) is 17.8 Å². The van der Waals surface area contributed by atoms with E-state index in [1.807, 2.05) is 0 Å². The Morgan fingerprint density at radius 2 is 0.475 bits per heavy atom. The van der Waals surface area contributed by atoms with E-state index in [-0.39, 0.29) is 31.1 Å². The molecule has 0 unspecified atom stereocenters. The minimum atomic E-state index is -0.763. The smallest absolute Gasteiger partial charge is 0.306 e. The quantitative estimate of drug-likeness (QED) is 0.0344. The van der Waals surface area contributed by atoms with Crippen molar-refractivity contribution in [2.24, 2.45) is 17.8 Å². The normalized spacial score (nSPS) is 12.1. The van der Waals surface area contributed by atoms with Gasteiger partial charge in [0.15, 0.2) is 6.10 Å². The first-order valence-electron chi connectivity index (χ1n) is 27.1. The molecule has 0 bridgehead atoms. The zero-order valence-corrected chi connectivity index (χ0v) is 42.0. The van der Waals surface area contributed by atoms with Crippen molar-refractivity contribution in [3.63, 3.8) is 0 Å². The fourth-order valence-electron chi connectivity index (χ4n) is 8.29. The predicted molar refractivity (Wildman–Crippen MR) is 261 cm³/mol. The van der Waals surface area contributed by atoms with E-state index in [4.69, 9.17) is 14.2 Å². The van der Waals surface area contributed by atoms with E-state index in [1.165, 1.54) is 180 Å². The molecule has 0 aromatic rings. The van der Waals surface area contributed by atoms with Crippen LogP contribution in [0.3, 0.4) is 0 Å². The minimum Gasteiger partial charge on any atom is -0.462 e. The molecule has 0 fully saturated rings. The maximum Gasteiger partial charge on any atom is 0.306 e. The fraction of sp³-hybridized carbons (Fsp3) is 0.945. The van der Waals surface area contributed by atoms with Crippen LogP contribution in [0.25, 0.3) is 0 Å². The second-order valence-electron chi connectivity index (χ2n) is 20.3. The Hall–Kier alpha value is -1.59. The largest absolute Gasteiger partial charge is 0.462 e. The average Bonchev–Trinajstić information content (AvgIpc) is 3.22. The summed E-state index contributed by atoms with van der Waals surface area (Å²) in [5, 5.41) is 0. The van der Waals surface area contributed by atoms with Gasteiger partial charge in [-0.25, -0.2) is 0 Å². The number of hydrogen-bond acceptors (Lipinski definition) is 6. The lowest BCUT2D eigenvalue weighted by molar-refractivity contribution is -0.167. The Morgan fingerprint density at radius 3 is 0.705 bits per heavy atom. The molecule has 0 saturated carbocycles. The maximum atomic E-state index is 12.7. The summed E-state index contributed by atoms with van der Waals surface area (Å²) in [5.41, 5.74) is 0. The van der Waals surface area contributed by atoms with Gasteiger partial charge in [-0.3, -0.25) is 14.4 Å². The highest BCUT2D eigenvalue weighted by molar-refractivity contribution is 5.71. The Kier molecular flexibility index (Phi) is 45.2. The number of ether oxygens (including phenoxy) is 3. The number of carbonyl (C=O) groups excluding carboxylic acids is 3. The number of rotatable bonds is 48. The molecule has 0 rings (SSSR count). The summed E-state index contributed by atoms with van der Waals surface area (Å²) in [5.74, 6) is 1.59. The van der Waals surface area contributed by atoms with Gasteiger partial charge in [0, 0.05) is 19.3 Å². The minimum absolute atomic E-state index is 0.0652.